The van der Waals surface area contributed by atoms with Crippen molar-refractivity contribution in [2.75, 3.05) is 6.54 Å². The summed E-state index contributed by atoms with van der Waals surface area (Å²) in [5.41, 5.74) is 0. The fraction of sp³-hybridized carbons (Fsp3) is 0.625. The van der Waals surface area contributed by atoms with Crippen molar-refractivity contribution in [2.24, 2.45) is 0 Å². The monoisotopic (exact) mass is 141 g/mol. The molecule has 0 unspecified atom stereocenters. The molecule has 2 nitrogen and oxygen atoms in total. The van der Waals surface area contributed by atoms with Crippen LogP contribution in [-0.4, -0.2) is 12.3 Å². The first-order valence-corrected chi connectivity index (χ1v) is 3.74. The molecule has 1 N–H and O–H groups in total. The summed E-state index contributed by atoms with van der Waals surface area (Å²) in [6, 6.07) is 0. The number of ketones is 1. The van der Waals surface area contributed by atoms with E-state index in [0.29, 0.717) is 6.42 Å². The second-order valence-electron chi connectivity index (χ2n) is 2.11. The lowest BCUT2D eigenvalue weighted by Crippen LogP contribution is -2.05. The van der Waals surface area contributed by atoms with Gasteiger partial charge in [0.05, 0.1) is 0 Å². The van der Waals surface area contributed by atoms with Crippen LogP contribution < -0.4 is 5.32 Å². The SMILES string of the molecule is CCCN/C=C/C(=O)CC. The average Bonchev–Trinajstić information content (AvgIpc) is 1.98. The van der Waals surface area contributed by atoms with Crippen LogP contribution in [0.2, 0.25) is 0 Å². The van der Waals surface area contributed by atoms with Gasteiger partial charge < -0.3 is 5.32 Å². The van der Waals surface area contributed by atoms with Gasteiger partial charge >= 0.3 is 0 Å². The maximum atomic E-state index is 10.6. The fourth-order valence-corrected chi connectivity index (χ4v) is 0.497. The number of hydrogen-bond donors (Lipinski definition) is 1. The minimum atomic E-state index is 0.170. The highest BCUT2D eigenvalue weighted by Gasteiger charge is 1.86. The highest BCUT2D eigenvalue weighted by molar-refractivity contribution is 5.89. The molecule has 0 atom stereocenters. The molecular weight excluding hydrogens is 126 g/mol. The van der Waals surface area contributed by atoms with Crippen molar-refractivity contribution in [3.05, 3.63) is 12.3 Å². The van der Waals surface area contributed by atoms with Gasteiger partial charge in [0.1, 0.15) is 0 Å². The Hall–Kier alpha value is -0.790. The van der Waals surface area contributed by atoms with Crippen LogP contribution in [0.15, 0.2) is 12.3 Å². The van der Waals surface area contributed by atoms with Gasteiger partial charge in [-0.3, -0.25) is 4.79 Å². The number of allylic oxidation sites excluding steroid dienone is 1. The summed E-state index contributed by atoms with van der Waals surface area (Å²) >= 11 is 0. The largest absolute Gasteiger partial charge is 0.391 e. The van der Waals surface area contributed by atoms with Crippen LogP contribution >= 0.6 is 0 Å². The Kier molecular flexibility index (Phi) is 5.83. The van der Waals surface area contributed by atoms with Gasteiger partial charge in [-0.1, -0.05) is 13.8 Å². The molecule has 0 rings (SSSR count). The van der Waals surface area contributed by atoms with E-state index in [2.05, 4.69) is 12.2 Å². The third-order valence-electron chi connectivity index (χ3n) is 1.13. The first-order chi connectivity index (χ1) is 4.81. The van der Waals surface area contributed by atoms with E-state index in [1.54, 1.807) is 12.3 Å². The molecule has 2 heteroatoms. The van der Waals surface area contributed by atoms with Crippen LogP contribution in [0.3, 0.4) is 0 Å². The standard InChI is InChI=1S/C8H15NO/c1-3-6-9-7-5-8(10)4-2/h5,7,9H,3-4,6H2,1-2H3/b7-5+. The van der Waals surface area contributed by atoms with E-state index in [1.807, 2.05) is 6.92 Å². The van der Waals surface area contributed by atoms with E-state index >= 15 is 0 Å². The quantitative estimate of drug-likeness (QED) is 0.464. The van der Waals surface area contributed by atoms with Crippen molar-refractivity contribution in [3.63, 3.8) is 0 Å². The van der Waals surface area contributed by atoms with Crippen molar-refractivity contribution >= 4 is 5.78 Å². The molecule has 0 saturated carbocycles. The molecule has 10 heavy (non-hydrogen) atoms. The number of rotatable bonds is 5. The molecule has 58 valence electrons. The maximum absolute atomic E-state index is 10.6. The van der Waals surface area contributed by atoms with E-state index < -0.39 is 0 Å². The van der Waals surface area contributed by atoms with E-state index in [1.165, 1.54) is 0 Å². The molecule has 0 amide bonds. The Morgan fingerprint density at radius 1 is 1.50 bits per heavy atom. The Balaban J connectivity index is 3.27. The van der Waals surface area contributed by atoms with Gasteiger partial charge in [-0.15, -0.1) is 0 Å². The van der Waals surface area contributed by atoms with Gasteiger partial charge in [-0.2, -0.15) is 0 Å². The first-order valence-electron chi connectivity index (χ1n) is 3.74. The third-order valence-corrected chi connectivity index (χ3v) is 1.13. The lowest BCUT2D eigenvalue weighted by Gasteiger charge is -1.93. The maximum Gasteiger partial charge on any atom is 0.156 e. The summed E-state index contributed by atoms with van der Waals surface area (Å²) in [6.45, 7) is 4.88. The first kappa shape index (κ1) is 9.21. The number of carbonyl (C=O) groups excluding carboxylic acids is 1. The zero-order valence-electron chi connectivity index (χ0n) is 6.68. The fourth-order valence-electron chi connectivity index (χ4n) is 0.497. The van der Waals surface area contributed by atoms with Crippen molar-refractivity contribution in [3.8, 4) is 0 Å². The van der Waals surface area contributed by atoms with Crippen LogP contribution in [-0.2, 0) is 4.79 Å². The van der Waals surface area contributed by atoms with Crippen LogP contribution in [0.25, 0.3) is 0 Å². The van der Waals surface area contributed by atoms with Crippen molar-refractivity contribution in [2.45, 2.75) is 26.7 Å². The van der Waals surface area contributed by atoms with Gasteiger partial charge in [0.15, 0.2) is 5.78 Å². The van der Waals surface area contributed by atoms with E-state index in [-0.39, 0.29) is 5.78 Å². The summed E-state index contributed by atoms with van der Waals surface area (Å²) in [5, 5.41) is 3.00. The Bertz CT molecular complexity index is 118. The van der Waals surface area contributed by atoms with E-state index in [4.69, 9.17) is 0 Å². The lowest BCUT2D eigenvalue weighted by atomic mass is 10.3. The summed E-state index contributed by atoms with van der Waals surface area (Å²) < 4.78 is 0. The molecule has 0 spiro atoms. The highest BCUT2D eigenvalue weighted by atomic mass is 16.1. The van der Waals surface area contributed by atoms with Crippen LogP contribution in [0.5, 0.6) is 0 Å². The molecule has 0 fully saturated rings. The Labute approximate surface area is 62.3 Å². The lowest BCUT2D eigenvalue weighted by molar-refractivity contribution is -0.114. The summed E-state index contributed by atoms with van der Waals surface area (Å²) in [5.74, 6) is 0.170. The molecule has 0 aromatic rings. The topological polar surface area (TPSA) is 29.1 Å². The van der Waals surface area contributed by atoms with Gasteiger partial charge in [0.25, 0.3) is 0 Å². The van der Waals surface area contributed by atoms with E-state index in [0.717, 1.165) is 13.0 Å². The predicted octanol–water partition coefficient (Wildman–Crippen LogP) is 1.48. The highest BCUT2D eigenvalue weighted by Crippen LogP contribution is 1.81. The molecule has 0 aliphatic carbocycles. The molecule has 0 heterocycles. The summed E-state index contributed by atoms with van der Waals surface area (Å²) in [6.07, 6.45) is 4.97. The second-order valence-corrected chi connectivity index (χ2v) is 2.11. The minimum absolute atomic E-state index is 0.170. The third kappa shape index (κ3) is 5.35. The van der Waals surface area contributed by atoms with Gasteiger partial charge in [-0.25, -0.2) is 0 Å². The molecule has 0 bridgehead atoms. The molecule has 0 aliphatic rings. The zero-order chi connectivity index (χ0) is 7.82. The van der Waals surface area contributed by atoms with E-state index in [9.17, 15) is 4.79 Å². The Morgan fingerprint density at radius 2 is 2.20 bits per heavy atom. The summed E-state index contributed by atoms with van der Waals surface area (Å²) in [4.78, 5) is 10.6. The molecule has 0 aromatic carbocycles. The van der Waals surface area contributed by atoms with Crippen molar-refractivity contribution in [1.82, 2.24) is 5.32 Å². The summed E-state index contributed by atoms with van der Waals surface area (Å²) in [7, 11) is 0. The number of hydrogen-bond acceptors (Lipinski definition) is 2. The minimum Gasteiger partial charge on any atom is -0.391 e. The number of nitrogens with one attached hydrogen (secondary N) is 1. The predicted molar refractivity (Wildman–Crippen MR) is 42.7 cm³/mol. The molecule has 0 aliphatic heterocycles. The van der Waals surface area contributed by atoms with Gasteiger partial charge in [0.2, 0.25) is 0 Å². The van der Waals surface area contributed by atoms with Gasteiger partial charge in [0, 0.05) is 13.0 Å². The average molecular weight is 141 g/mol. The van der Waals surface area contributed by atoms with Crippen LogP contribution in [0.1, 0.15) is 26.7 Å². The second kappa shape index (κ2) is 6.33. The molecule has 0 saturated heterocycles. The van der Waals surface area contributed by atoms with Crippen molar-refractivity contribution in [1.29, 1.82) is 0 Å². The van der Waals surface area contributed by atoms with Crippen molar-refractivity contribution < 1.29 is 4.79 Å². The molecular formula is C8H15NO. The van der Waals surface area contributed by atoms with Crippen LogP contribution in [0, 0.1) is 0 Å². The smallest absolute Gasteiger partial charge is 0.156 e. The number of carbonyl (C=O) groups is 1. The van der Waals surface area contributed by atoms with Crippen LogP contribution in [0.4, 0.5) is 0 Å². The molecule has 0 aromatic heterocycles. The normalized spacial score (nSPS) is 10.2. The zero-order valence-corrected chi connectivity index (χ0v) is 6.68. The molecule has 0 radical (unpaired) electrons. The van der Waals surface area contributed by atoms with Gasteiger partial charge in [-0.05, 0) is 18.7 Å². The Morgan fingerprint density at radius 3 is 2.70 bits per heavy atom.